The first-order valence-electron chi connectivity index (χ1n) is 17.9. The molecule has 0 unspecified atom stereocenters. The molecule has 1 nitrogen and oxygen atoms in total. The molecule has 1 aliphatic carbocycles. The van der Waals surface area contributed by atoms with Gasteiger partial charge in [-0.1, -0.05) is 32.1 Å². The van der Waals surface area contributed by atoms with Crippen LogP contribution in [0.3, 0.4) is 0 Å². The Hall–Kier alpha value is -4.50. The lowest BCUT2D eigenvalue weighted by Crippen LogP contribution is -3.17. The second-order valence-corrected chi connectivity index (χ2v) is 14.7. The first kappa shape index (κ1) is 48.2. The number of nitrogens with one attached hydrogen (secondary N) is 1. The molecule has 1 fully saturated rings. The lowest BCUT2D eigenvalue weighted by Gasteiger charge is -2.44. The summed E-state index contributed by atoms with van der Waals surface area (Å²) in [7, 11) is 0. The highest BCUT2D eigenvalue weighted by molar-refractivity contribution is 7.20. The van der Waals surface area contributed by atoms with Crippen molar-refractivity contribution >= 4 is 28.0 Å². The van der Waals surface area contributed by atoms with Crippen LogP contribution >= 0.6 is 0 Å². The van der Waals surface area contributed by atoms with E-state index in [4.69, 9.17) is 0 Å². The third-order valence-electron chi connectivity index (χ3n) is 10.8. The molecule has 1 aliphatic rings. The molecule has 22 heteroatoms. The number of rotatable bonds is 9. The third-order valence-corrected chi connectivity index (χ3v) is 10.8. The number of halogens is 20. The minimum absolute atomic E-state index is 0.786. The van der Waals surface area contributed by atoms with Crippen molar-refractivity contribution in [3.63, 3.8) is 0 Å². The lowest BCUT2D eigenvalue weighted by atomic mass is 9.12. The van der Waals surface area contributed by atoms with Crippen LogP contribution < -0.4 is 26.8 Å². The lowest BCUT2D eigenvalue weighted by molar-refractivity contribution is -0.942. The number of hydrogen-bond donors (Lipinski definition) is 1. The van der Waals surface area contributed by atoms with Gasteiger partial charge in [-0.2, -0.15) is 0 Å². The van der Waals surface area contributed by atoms with Crippen molar-refractivity contribution in [2.45, 2.75) is 78.3 Å². The maximum atomic E-state index is 15.4. The summed E-state index contributed by atoms with van der Waals surface area (Å²) < 4.78 is 294. The van der Waals surface area contributed by atoms with E-state index in [0.29, 0.717) is 0 Å². The zero-order valence-electron chi connectivity index (χ0n) is 31.3. The van der Waals surface area contributed by atoms with Crippen LogP contribution in [0, 0.1) is 122 Å². The SMILES string of the molecule is CC(C)[NH+](CCC1CCCCC1)C(C)C.Fc1c(F)c(F)c([B-](c2c(F)c(F)c(F)c(F)c2F)(c2c(F)c(F)c(F)c(F)c2F)c2c(F)c(F)c(F)c(F)c2F)c(F)c1F. The molecule has 0 aromatic heterocycles. The Bertz CT molecular complexity index is 1900. The van der Waals surface area contributed by atoms with E-state index in [9.17, 15) is 52.7 Å². The Morgan fingerprint density at radius 3 is 0.750 bits per heavy atom. The number of benzene rings is 4. The molecule has 1 saturated carbocycles. The fourth-order valence-electron chi connectivity index (χ4n) is 7.96. The molecule has 0 atom stereocenters. The van der Waals surface area contributed by atoms with Crippen molar-refractivity contribution in [1.29, 1.82) is 0 Å². The van der Waals surface area contributed by atoms with Gasteiger partial charge in [0.15, 0.2) is 69.8 Å². The molecular weight excluding hydrogens is 861 g/mol. The smallest absolute Gasteiger partial charge is 0.200 e. The Morgan fingerprint density at radius 2 is 0.550 bits per heavy atom. The van der Waals surface area contributed by atoms with Crippen molar-refractivity contribution in [2.75, 3.05) is 6.54 Å². The zero-order valence-corrected chi connectivity index (χ0v) is 31.3. The van der Waals surface area contributed by atoms with Crippen LogP contribution in [0.4, 0.5) is 87.8 Å². The molecule has 60 heavy (non-hydrogen) atoms. The molecule has 330 valence electrons. The fourth-order valence-corrected chi connectivity index (χ4v) is 7.96. The highest BCUT2D eigenvalue weighted by atomic mass is 19.2. The molecule has 5 rings (SSSR count). The average molecular weight is 891 g/mol. The van der Waals surface area contributed by atoms with Crippen molar-refractivity contribution in [1.82, 2.24) is 0 Å². The molecule has 1 N–H and O–H groups in total. The second kappa shape index (κ2) is 18.2. The van der Waals surface area contributed by atoms with Crippen LogP contribution in [0.25, 0.3) is 0 Å². The van der Waals surface area contributed by atoms with Gasteiger partial charge in [0, 0.05) is 0 Å². The maximum Gasteiger partial charge on any atom is 0.200 e. The van der Waals surface area contributed by atoms with Gasteiger partial charge in [-0.25, -0.2) is 87.8 Å². The van der Waals surface area contributed by atoms with Gasteiger partial charge in [0.2, 0.25) is 0 Å². The standard InChI is InChI=1S/C24BF20.C14H29N/c26-5-1(6(27)14(35)21(42)13(5)34)25(2-7(28)15(36)22(43)16(37)8(2)29,3-9(30)17(38)23(44)18(39)10(3)31)4-11(32)19(40)24(45)20(41)12(4)33;1-12(2)15(13(3)4)11-10-14-8-6-5-7-9-14/h;12-14H,5-11H2,1-4H3/q-1;/p+1. The van der Waals surface area contributed by atoms with Gasteiger partial charge in [-0.15, -0.1) is 21.9 Å². The Kier molecular flexibility index (Phi) is 14.6. The normalized spacial score (nSPS) is 13.8. The summed E-state index contributed by atoms with van der Waals surface area (Å²) >= 11 is 0. The molecule has 0 bridgehead atoms. The predicted molar refractivity (Wildman–Crippen MR) is 177 cm³/mol. The summed E-state index contributed by atoms with van der Waals surface area (Å²) in [4.78, 5) is 1.79. The summed E-state index contributed by atoms with van der Waals surface area (Å²) in [5.41, 5.74) is -14.3. The van der Waals surface area contributed by atoms with Crippen molar-refractivity contribution < 1.29 is 92.7 Å². The Balaban J connectivity index is 0.000000445. The van der Waals surface area contributed by atoms with Gasteiger partial charge >= 0.3 is 0 Å². The zero-order chi connectivity index (χ0) is 45.6. The molecule has 0 aliphatic heterocycles. The van der Waals surface area contributed by atoms with Crippen LogP contribution in [0.2, 0.25) is 0 Å². The first-order chi connectivity index (χ1) is 27.8. The van der Waals surface area contributed by atoms with E-state index in [1.54, 1.807) is 4.90 Å². The molecule has 0 saturated heterocycles. The first-order valence-corrected chi connectivity index (χ1v) is 17.9. The molecule has 0 radical (unpaired) electrons. The number of quaternary nitrogens is 1. The third kappa shape index (κ3) is 7.92. The van der Waals surface area contributed by atoms with Crippen LogP contribution in [0.15, 0.2) is 0 Å². The summed E-state index contributed by atoms with van der Waals surface area (Å²) in [5.74, 6) is -70.4. The Morgan fingerprint density at radius 1 is 0.350 bits per heavy atom. The number of hydrogen-bond acceptors (Lipinski definition) is 0. The highest BCUT2D eigenvalue weighted by Gasteiger charge is 2.52. The van der Waals surface area contributed by atoms with E-state index >= 15 is 35.1 Å². The largest absolute Gasteiger partial charge is 0.331 e. The van der Waals surface area contributed by atoms with Crippen molar-refractivity contribution in [3.8, 4) is 0 Å². The minimum atomic E-state index is -7.22. The molecule has 4 aromatic rings. The van der Waals surface area contributed by atoms with Gasteiger partial charge in [0.1, 0.15) is 52.7 Å². The Labute approximate surface area is 327 Å². The monoisotopic (exact) mass is 891 g/mol. The van der Waals surface area contributed by atoms with E-state index in [0.717, 1.165) is 18.0 Å². The van der Waals surface area contributed by atoms with E-state index < -0.39 is 144 Å². The van der Waals surface area contributed by atoms with Gasteiger partial charge < -0.3 is 4.90 Å². The molecule has 4 aromatic carbocycles. The quantitative estimate of drug-likeness (QED) is 0.0745. The van der Waals surface area contributed by atoms with E-state index in [1.807, 2.05) is 0 Å². The van der Waals surface area contributed by atoms with E-state index in [2.05, 4.69) is 27.7 Å². The van der Waals surface area contributed by atoms with Gasteiger partial charge in [0.05, 0.1) is 18.6 Å². The van der Waals surface area contributed by atoms with Crippen LogP contribution in [-0.2, 0) is 0 Å². The summed E-state index contributed by atoms with van der Waals surface area (Å²) in [5, 5.41) is 0. The summed E-state index contributed by atoms with van der Waals surface area (Å²) in [6, 6.07) is 1.57. The van der Waals surface area contributed by atoms with Gasteiger partial charge in [0.25, 0.3) is 0 Å². The molecule has 0 amide bonds. The van der Waals surface area contributed by atoms with Crippen molar-refractivity contribution in [2.24, 2.45) is 5.92 Å². The fraction of sp³-hybridized carbons (Fsp3) is 0.368. The average Bonchev–Trinajstić information content (AvgIpc) is 3.21. The van der Waals surface area contributed by atoms with Gasteiger partial charge in [-0.3, -0.25) is 0 Å². The van der Waals surface area contributed by atoms with Crippen LogP contribution in [-0.4, -0.2) is 24.8 Å². The minimum Gasteiger partial charge on any atom is -0.331 e. The highest BCUT2D eigenvalue weighted by Crippen LogP contribution is 2.31. The topological polar surface area (TPSA) is 4.44 Å². The summed E-state index contributed by atoms with van der Waals surface area (Å²) in [6.45, 7) is 10.8. The predicted octanol–water partition coefficient (Wildman–Crippen LogP) is 8.50. The van der Waals surface area contributed by atoms with E-state index in [1.165, 1.54) is 45.1 Å². The summed E-state index contributed by atoms with van der Waals surface area (Å²) in [6.07, 6.45) is 1.72. The van der Waals surface area contributed by atoms with Gasteiger partial charge in [-0.05, 0) is 40.0 Å². The molecular formula is C38H30BF20N. The van der Waals surface area contributed by atoms with Crippen LogP contribution in [0.1, 0.15) is 66.2 Å². The van der Waals surface area contributed by atoms with Crippen LogP contribution in [0.5, 0.6) is 0 Å². The van der Waals surface area contributed by atoms with E-state index in [-0.39, 0.29) is 0 Å². The van der Waals surface area contributed by atoms with Crippen molar-refractivity contribution in [3.05, 3.63) is 116 Å². The maximum absolute atomic E-state index is 15.4. The molecule has 0 heterocycles. The molecule has 0 spiro atoms. The second-order valence-electron chi connectivity index (χ2n) is 14.7.